The van der Waals surface area contributed by atoms with E-state index in [-0.39, 0.29) is 6.10 Å². The van der Waals surface area contributed by atoms with Gasteiger partial charge in [0.1, 0.15) is 11.1 Å². The first kappa shape index (κ1) is 20.4. The van der Waals surface area contributed by atoms with Crippen LogP contribution in [-0.4, -0.2) is 52.9 Å². The summed E-state index contributed by atoms with van der Waals surface area (Å²) >= 11 is 1.64. The molecular weight excluding hydrogens is 348 g/mol. The summed E-state index contributed by atoms with van der Waals surface area (Å²) in [7, 11) is 3.75. The molecule has 0 saturated heterocycles. The van der Waals surface area contributed by atoms with Gasteiger partial charge in [0.25, 0.3) is 0 Å². The minimum Gasteiger partial charge on any atom is -0.375 e. The molecule has 2 aromatic rings. The summed E-state index contributed by atoms with van der Waals surface area (Å²) in [5, 5.41) is 10.8. The van der Waals surface area contributed by atoms with Gasteiger partial charge in [-0.2, -0.15) is 5.10 Å². The Morgan fingerprint density at radius 2 is 2.31 bits per heavy atom. The van der Waals surface area contributed by atoms with Gasteiger partial charge in [-0.25, -0.2) is 4.98 Å². The van der Waals surface area contributed by atoms with Gasteiger partial charge in [0.05, 0.1) is 18.4 Å². The van der Waals surface area contributed by atoms with Gasteiger partial charge in [-0.05, 0) is 32.8 Å². The third-order valence-corrected chi connectivity index (χ3v) is 4.99. The van der Waals surface area contributed by atoms with Crippen molar-refractivity contribution in [3.05, 3.63) is 34.0 Å². The minimum atomic E-state index is 0.0342. The van der Waals surface area contributed by atoms with Crippen LogP contribution in [0, 0.1) is 6.92 Å². The molecule has 0 bridgehead atoms. The SMILES string of the molecule is CCNC(=NCCCn1cc(C)cn1)N(C)Cc1csc(C(C)OC)n1. The number of nitrogens with zero attached hydrogens (tertiary/aromatic N) is 5. The van der Waals surface area contributed by atoms with E-state index in [2.05, 4.69) is 45.7 Å². The average molecular weight is 379 g/mol. The zero-order valence-corrected chi connectivity index (χ0v) is 17.2. The predicted octanol–water partition coefficient (Wildman–Crippen LogP) is 2.84. The van der Waals surface area contributed by atoms with Crippen molar-refractivity contribution in [3.63, 3.8) is 0 Å². The maximum absolute atomic E-state index is 5.34. The molecule has 0 radical (unpaired) electrons. The molecule has 2 aromatic heterocycles. The Morgan fingerprint density at radius 3 is 2.96 bits per heavy atom. The lowest BCUT2D eigenvalue weighted by Crippen LogP contribution is -2.38. The third-order valence-electron chi connectivity index (χ3n) is 3.94. The number of thiazole rings is 1. The maximum atomic E-state index is 5.34. The van der Waals surface area contributed by atoms with Crippen molar-refractivity contribution >= 4 is 17.3 Å². The highest BCUT2D eigenvalue weighted by molar-refractivity contribution is 7.09. The summed E-state index contributed by atoms with van der Waals surface area (Å²) in [4.78, 5) is 11.5. The Hall–Kier alpha value is -1.93. The summed E-state index contributed by atoms with van der Waals surface area (Å²) in [5.41, 5.74) is 2.22. The summed E-state index contributed by atoms with van der Waals surface area (Å²) in [6, 6.07) is 0. The Morgan fingerprint density at radius 1 is 1.50 bits per heavy atom. The molecule has 1 unspecified atom stereocenters. The monoisotopic (exact) mass is 378 g/mol. The number of hydrogen-bond donors (Lipinski definition) is 1. The number of methoxy groups -OCH3 is 1. The molecule has 144 valence electrons. The Bertz CT molecular complexity index is 695. The second kappa shape index (κ2) is 10.3. The zero-order valence-electron chi connectivity index (χ0n) is 16.4. The van der Waals surface area contributed by atoms with Crippen molar-refractivity contribution in [1.29, 1.82) is 0 Å². The van der Waals surface area contributed by atoms with Crippen LogP contribution in [0.15, 0.2) is 22.8 Å². The first-order chi connectivity index (χ1) is 12.5. The van der Waals surface area contributed by atoms with Crippen LogP contribution < -0.4 is 5.32 Å². The molecule has 0 aliphatic heterocycles. The molecule has 0 spiro atoms. The van der Waals surface area contributed by atoms with E-state index in [1.807, 2.05) is 24.9 Å². The van der Waals surface area contributed by atoms with Crippen LogP contribution in [0.5, 0.6) is 0 Å². The first-order valence-electron chi connectivity index (χ1n) is 8.99. The Kier molecular flexibility index (Phi) is 8.06. The van der Waals surface area contributed by atoms with Crippen molar-refractivity contribution in [1.82, 2.24) is 25.0 Å². The molecular formula is C18H30N6OS. The minimum absolute atomic E-state index is 0.0342. The molecule has 1 N–H and O–H groups in total. The van der Waals surface area contributed by atoms with Crippen LogP contribution >= 0.6 is 11.3 Å². The number of aromatic nitrogens is 3. The fourth-order valence-corrected chi connectivity index (χ4v) is 3.32. The summed E-state index contributed by atoms with van der Waals surface area (Å²) in [6.07, 6.45) is 4.93. The van der Waals surface area contributed by atoms with E-state index >= 15 is 0 Å². The number of hydrogen-bond acceptors (Lipinski definition) is 5. The number of guanidine groups is 1. The molecule has 2 heterocycles. The smallest absolute Gasteiger partial charge is 0.194 e. The standard InChI is InChI=1S/C18H30N6OS/c1-6-19-18(20-8-7-9-24-11-14(2)10-21-24)23(4)12-16-13-26-17(22-16)15(3)25-5/h10-11,13,15H,6-9,12H2,1-5H3,(H,19,20). The van der Waals surface area contributed by atoms with E-state index in [9.17, 15) is 0 Å². The van der Waals surface area contributed by atoms with E-state index < -0.39 is 0 Å². The Labute approximate surface area is 160 Å². The van der Waals surface area contributed by atoms with Crippen molar-refractivity contribution in [2.24, 2.45) is 4.99 Å². The molecule has 0 aliphatic carbocycles. The molecule has 0 aliphatic rings. The third kappa shape index (κ3) is 6.10. The quantitative estimate of drug-likeness (QED) is 0.413. The highest BCUT2D eigenvalue weighted by atomic mass is 32.1. The average Bonchev–Trinajstić information content (AvgIpc) is 3.26. The lowest BCUT2D eigenvalue weighted by molar-refractivity contribution is 0.119. The number of ether oxygens (including phenoxy) is 1. The van der Waals surface area contributed by atoms with E-state index in [1.165, 1.54) is 5.56 Å². The summed E-state index contributed by atoms with van der Waals surface area (Å²) in [5.74, 6) is 0.901. The molecule has 26 heavy (non-hydrogen) atoms. The normalized spacial score (nSPS) is 13.0. The van der Waals surface area contributed by atoms with Crippen molar-refractivity contribution in [2.75, 3.05) is 27.2 Å². The molecule has 0 saturated carbocycles. The molecule has 8 heteroatoms. The van der Waals surface area contributed by atoms with E-state index in [0.29, 0.717) is 0 Å². The predicted molar refractivity (Wildman–Crippen MR) is 107 cm³/mol. The van der Waals surface area contributed by atoms with E-state index in [4.69, 9.17) is 9.73 Å². The first-order valence-corrected chi connectivity index (χ1v) is 9.87. The van der Waals surface area contributed by atoms with Crippen LogP contribution in [-0.2, 0) is 17.8 Å². The van der Waals surface area contributed by atoms with Crippen LogP contribution in [0.25, 0.3) is 0 Å². The van der Waals surface area contributed by atoms with Crippen LogP contribution in [0.3, 0.4) is 0 Å². The molecule has 0 aromatic carbocycles. The van der Waals surface area contributed by atoms with Crippen LogP contribution in [0.1, 0.15) is 42.6 Å². The van der Waals surface area contributed by atoms with Gasteiger partial charge in [0.2, 0.25) is 0 Å². The fraction of sp³-hybridized carbons (Fsp3) is 0.611. The van der Waals surface area contributed by atoms with Crippen LogP contribution in [0.4, 0.5) is 0 Å². The lowest BCUT2D eigenvalue weighted by Gasteiger charge is -2.21. The van der Waals surface area contributed by atoms with Gasteiger partial charge in [0, 0.05) is 45.4 Å². The number of rotatable bonds is 9. The second-order valence-electron chi connectivity index (χ2n) is 6.28. The summed E-state index contributed by atoms with van der Waals surface area (Å²) < 4.78 is 7.30. The fourth-order valence-electron chi connectivity index (χ4n) is 2.48. The highest BCUT2D eigenvalue weighted by Gasteiger charge is 2.12. The van der Waals surface area contributed by atoms with Gasteiger partial charge in [-0.3, -0.25) is 9.67 Å². The Balaban J connectivity index is 1.88. The van der Waals surface area contributed by atoms with Crippen molar-refractivity contribution < 1.29 is 4.74 Å². The van der Waals surface area contributed by atoms with Gasteiger partial charge < -0.3 is 15.0 Å². The van der Waals surface area contributed by atoms with Crippen molar-refractivity contribution in [2.45, 2.75) is 46.4 Å². The molecule has 0 fully saturated rings. The number of nitrogens with one attached hydrogen (secondary N) is 1. The molecule has 2 rings (SSSR count). The molecule has 7 nitrogen and oxygen atoms in total. The van der Waals surface area contributed by atoms with Gasteiger partial charge >= 0.3 is 0 Å². The molecule has 1 atom stereocenters. The van der Waals surface area contributed by atoms with Crippen LogP contribution in [0.2, 0.25) is 0 Å². The van der Waals surface area contributed by atoms with Gasteiger partial charge in [-0.1, -0.05) is 0 Å². The van der Waals surface area contributed by atoms with Gasteiger partial charge in [0.15, 0.2) is 5.96 Å². The largest absolute Gasteiger partial charge is 0.375 e. The number of aryl methyl sites for hydroxylation is 2. The number of aliphatic imine (C=N–C) groups is 1. The summed E-state index contributed by atoms with van der Waals surface area (Å²) in [6.45, 7) is 9.34. The lowest BCUT2D eigenvalue weighted by atomic mass is 10.4. The highest BCUT2D eigenvalue weighted by Crippen LogP contribution is 2.20. The second-order valence-corrected chi connectivity index (χ2v) is 7.17. The topological polar surface area (TPSA) is 67.6 Å². The zero-order chi connectivity index (χ0) is 18.9. The molecule has 0 amide bonds. The van der Waals surface area contributed by atoms with E-state index in [0.717, 1.165) is 49.3 Å². The van der Waals surface area contributed by atoms with Crippen molar-refractivity contribution in [3.8, 4) is 0 Å². The van der Waals surface area contributed by atoms with Gasteiger partial charge in [-0.15, -0.1) is 11.3 Å². The maximum Gasteiger partial charge on any atom is 0.194 e. The van der Waals surface area contributed by atoms with E-state index in [1.54, 1.807) is 18.4 Å².